The van der Waals surface area contributed by atoms with Gasteiger partial charge in [0.15, 0.2) is 41.7 Å². The molecule has 18 N–H and O–H groups in total. The fourth-order valence-electron chi connectivity index (χ4n) is 13.3. The first kappa shape index (κ1) is 105. The number of rotatable bonds is 29. The number of aromatic nitrogens is 10. The number of hydrogen-bond acceptors (Lipinski definition) is 30. The Morgan fingerprint density at radius 3 is 0.967 bits per heavy atom. The van der Waals surface area contributed by atoms with Crippen LogP contribution in [0.2, 0.25) is 0 Å². The third kappa shape index (κ3) is 30.2. The van der Waals surface area contributed by atoms with Gasteiger partial charge in [0, 0.05) is 67.9 Å². The molecule has 0 saturated carbocycles. The van der Waals surface area contributed by atoms with Gasteiger partial charge in [0.05, 0.1) is 42.3 Å². The summed E-state index contributed by atoms with van der Waals surface area (Å²) in [5, 5.41) is 105. The second-order valence-electron chi connectivity index (χ2n) is 34.8. The first-order chi connectivity index (χ1) is 56.7. The average Bonchev–Trinajstić information content (AvgIpc) is 1.68. The van der Waals surface area contributed by atoms with Crippen LogP contribution in [0.25, 0.3) is 0 Å². The van der Waals surface area contributed by atoms with E-state index in [1.807, 2.05) is 20.3 Å². The number of carbonyl (C=O) groups is 3. The van der Waals surface area contributed by atoms with Gasteiger partial charge in [-0.05, 0) is 162 Å². The van der Waals surface area contributed by atoms with Crippen molar-refractivity contribution in [1.82, 2.24) is 53.1 Å². The van der Waals surface area contributed by atoms with E-state index in [2.05, 4.69) is 115 Å². The van der Waals surface area contributed by atoms with E-state index in [1.165, 1.54) is 43.9 Å². The molecule has 692 valence electrons. The van der Waals surface area contributed by atoms with Crippen molar-refractivity contribution in [2.24, 2.45) is 5.73 Å². The number of aliphatic hydroxyl groups is 10. The molecule has 5 aliphatic rings. The normalized spacial score (nSPS) is 27.0. The summed E-state index contributed by atoms with van der Waals surface area (Å²) in [6.45, 7) is 19.5. The van der Waals surface area contributed by atoms with Crippen molar-refractivity contribution >= 4 is 95.6 Å². The highest BCUT2D eigenvalue weighted by molar-refractivity contribution is 7.73. The molecular weight excluding hydrogens is 1730 g/mol. The van der Waals surface area contributed by atoms with Crippen molar-refractivity contribution in [1.29, 1.82) is 0 Å². The number of aliphatic hydroxyl groups excluding tert-OH is 10. The highest BCUT2D eigenvalue weighted by atomic mass is 32.1. The number of ketones is 2. The Balaban J connectivity index is 0.000000238. The maximum atomic E-state index is 12.1. The molecule has 20 atom stereocenters. The van der Waals surface area contributed by atoms with Crippen LogP contribution in [0.1, 0.15) is 113 Å². The summed E-state index contributed by atoms with van der Waals surface area (Å²) in [5.41, 5.74) is 0.527. The van der Waals surface area contributed by atoms with E-state index in [4.69, 9.17) is 46.4 Å². The summed E-state index contributed by atoms with van der Waals surface area (Å²) < 4.78 is 39.5. The van der Waals surface area contributed by atoms with Crippen molar-refractivity contribution in [3.63, 3.8) is 0 Å². The molecule has 10 rings (SSSR count). The molecule has 1 amide bonds. The van der Waals surface area contributed by atoms with E-state index in [1.54, 1.807) is 6.20 Å². The molecule has 5 aromatic heterocycles. The van der Waals surface area contributed by atoms with Crippen LogP contribution in [0.4, 0.5) is 0 Å². The largest absolute Gasteiger partial charge is 0.479 e. The Bertz CT molecular complexity index is 5170. The highest BCUT2D eigenvalue weighted by Crippen LogP contribution is 2.44. The average molecular weight is 1850 g/mol. The third-order valence-corrected chi connectivity index (χ3v) is 27.9. The van der Waals surface area contributed by atoms with Gasteiger partial charge >= 0.3 is 22.8 Å². The Morgan fingerprint density at radius 2 is 0.675 bits per heavy atom. The minimum atomic E-state index is -1.35. The van der Waals surface area contributed by atoms with E-state index in [9.17, 15) is 109 Å². The molecule has 5 fully saturated rings. The fourth-order valence-corrected chi connectivity index (χ4v) is 18.3. The predicted molar refractivity (Wildman–Crippen MR) is 483 cm³/mol. The smallest absolute Gasteiger partial charge is 0.330 e. The van der Waals surface area contributed by atoms with Gasteiger partial charge in [0.1, 0.15) is 73.4 Å². The van der Waals surface area contributed by atoms with Crippen molar-refractivity contribution in [3.05, 3.63) is 152 Å². The number of nitrogens with one attached hydrogen (secondary N) is 6. The van der Waals surface area contributed by atoms with Crippen molar-refractivity contribution in [3.8, 4) is 5.75 Å². The van der Waals surface area contributed by atoms with Crippen LogP contribution < -0.4 is 66.3 Å². The van der Waals surface area contributed by atoms with E-state index in [0.717, 1.165) is 55.3 Å². The topological polar surface area (TPSA) is 604 Å². The Kier molecular flexibility index (Phi) is 37.9. The van der Waals surface area contributed by atoms with Gasteiger partial charge in [-0.2, -0.15) is 0 Å². The summed E-state index contributed by atoms with van der Waals surface area (Å²) in [6.07, 6.45) is 13.8. The van der Waals surface area contributed by atoms with Gasteiger partial charge in [0.2, 0.25) is 11.7 Å². The van der Waals surface area contributed by atoms with Gasteiger partial charge in [-0.15, -0.1) is 65.9 Å². The zero-order valence-corrected chi connectivity index (χ0v) is 77.1. The van der Waals surface area contributed by atoms with Crippen LogP contribution in [0.15, 0.2) is 74.1 Å². The maximum Gasteiger partial charge on any atom is 0.330 e. The SMILES string of the molecule is C=P(C)(C)CC[C@H]1O[C@@H](n2cc(CC(C)=O)c(=O)[nH]c2=O)[C@H](O)[C@@H]1O.C=P(C)(C)CC[C@H]1O[C@@H](n2cc(CC)c(=O)[nH]c2=S)[C@H](O)[C@@H]1O.C=P(C)(C)CC[C@H]1O[C@@H](n2cc(CN)c(=O)[nH]c2=O)[C@H](O)[C@@H]1O.C=P(C)(C)CC[C@H]1O[C@@H](n2cc(CNC(C)=O)c(=O)[nH]c2=O)[C@H](O)[C@@H]1O.C=P(C)(C)CC[C@H]1O[C@@H](n2cc(OCC(C)=O)c(=O)[nH]c2=O)[C@H](O)[C@@H]1O. The monoisotopic (exact) mass is 1850 g/mol. The lowest BCUT2D eigenvalue weighted by Gasteiger charge is -2.19. The second-order valence-corrected chi connectivity index (χ2v) is 56.7. The molecule has 0 aliphatic carbocycles. The summed E-state index contributed by atoms with van der Waals surface area (Å²) in [7, 11) is 0. The lowest BCUT2D eigenvalue weighted by atomic mass is 10.1. The number of carbonyl (C=O) groups excluding carboxylic acids is 3. The van der Waals surface area contributed by atoms with Gasteiger partial charge in [-0.25, -0.2) is 19.2 Å². The molecular formula is C77H125N12O28P5S. The minimum absolute atomic E-state index is 0.0510. The number of aromatic amines is 5. The molecule has 0 radical (unpaired) electrons. The summed E-state index contributed by atoms with van der Waals surface area (Å²) in [6, 6.07) is 0. The number of amides is 1. The number of hydrogen-bond donors (Lipinski definition) is 17. The number of nitrogens with zero attached hydrogens (tertiary/aromatic N) is 5. The van der Waals surface area contributed by atoms with Crippen LogP contribution >= 0.6 is 46.6 Å². The number of ether oxygens (including phenoxy) is 6. The zero-order valence-electron chi connectivity index (χ0n) is 71.9. The lowest BCUT2D eigenvalue weighted by molar-refractivity contribution is -0.119. The molecule has 40 nitrogen and oxygen atoms in total. The number of Topliss-reactive ketones (excluding diaryl/α,β-unsaturated/α-hetero) is 2. The molecule has 0 spiro atoms. The molecule has 10 heterocycles. The molecule has 0 bridgehead atoms. The van der Waals surface area contributed by atoms with E-state index >= 15 is 0 Å². The van der Waals surface area contributed by atoms with Crippen molar-refractivity contribution in [2.75, 3.05) is 104 Å². The van der Waals surface area contributed by atoms with Crippen molar-refractivity contribution < 1.29 is 93.9 Å². The molecule has 5 aliphatic heterocycles. The van der Waals surface area contributed by atoms with Crippen molar-refractivity contribution in [2.45, 2.75) is 208 Å². The first-order valence-corrected chi connectivity index (χ1v) is 55.2. The Hall–Kier alpha value is -6.71. The van der Waals surface area contributed by atoms with E-state index in [0.29, 0.717) is 44.1 Å². The third-order valence-electron chi connectivity index (χ3n) is 20.3. The number of nitrogens with two attached hydrogens (primary N) is 1. The molecule has 5 saturated heterocycles. The van der Waals surface area contributed by atoms with Crippen LogP contribution in [0.5, 0.6) is 5.75 Å². The lowest BCUT2D eigenvalue weighted by Crippen LogP contribution is -2.39. The van der Waals surface area contributed by atoms with Gasteiger partial charge < -0.3 is 90.5 Å². The number of aryl methyl sites for hydroxylation is 1. The quantitative estimate of drug-likeness (QED) is 0.0172. The highest BCUT2D eigenvalue weighted by Gasteiger charge is 2.49. The van der Waals surface area contributed by atoms with Gasteiger partial charge in [-0.3, -0.25) is 86.1 Å². The van der Waals surface area contributed by atoms with Gasteiger partial charge in [0.25, 0.3) is 27.8 Å². The maximum absolute atomic E-state index is 12.1. The zero-order chi connectivity index (χ0) is 93.0. The molecule has 0 unspecified atom stereocenters. The molecule has 46 heteroatoms. The summed E-state index contributed by atoms with van der Waals surface area (Å²) >= 11 is 5.17. The van der Waals surface area contributed by atoms with Crippen LogP contribution in [-0.2, 0) is 64.0 Å². The Morgan fingerprint density at radius 1 is 0.407 bits per heavy atom. The Labute approximate surface area is 714 Å². The van der Waals surface area contributed by atoms with Crippen LogP contribution in [-0.4, -0.2) is 343 Å². The molecule has 123 heavy (non-hydrogen) atoms. The minimum Gasteiger partial charge on any atom is -0.479 e. The molecule has 0 aromatic carbocycles. The predicted octanol–water partition coefficient (Wildman–Crippen LogP) is -2.60. The van der Waals surface area contributed by atoms with Crippen LogP contribution in [0.3, 0.4) is 0 Å². The summed E-state index contributed by atoms with van der Waals surface area (Å²) in [4.78, 5) is 151. The summed E-state index contributed by atoms with van der Waals surface area (Å²) in [5.74, 6) is -1.11. The van der Waals surface area contributed by atoms with E-state index in [-0.39, 0.29) is 76.4 Å². The first-order valence-electron chi connectivity index (χ1n) is 39.5. The standard InChI is InChI=1S/C16H26N3O6P.C16H25N2O7P.C16H25N2O6P.C15H25N2O4PS.C14H24N3O5P/c1-9(20)17-7-10-8-19(16(24)18-14(10)23)15-13(22)12(21)11(25-15)5-6-26(2,3)4;1-9(19)8-24-11-7-18(16(23)17-14(11)22)15-13(21)12(20)10(25-15)5-6-26(2,3)4;1-9(19)7-10-8-18(16(23)17-14(10)22)15-13(21)12(20)11(24-15)5-6-25(2,3)4;1-5-9-8-17(15(23)16-13(9)20)14-12(19)11(18)10(21-14)6-7-22(2,3)4;1-23(2,3)5-4-9-10(18)11(19)13(22-9)17-7-8(6-15)12(20)16-14(17)21/h8,11-13,15,21-22H,2,5-7H2,1,3-4H3,(H,17,20)(H,18,23,24);7,10,12-13,15,20-21H,2,5-6,8H2,1,3-4H3,(H,17,22,23);8,11-13,15,20-21H,2,5-7H2,1,3-4H3,(H,17,22,23);8,10-12,14,18-19H,2,5-7H2,1,3-4H3,(H,16,20,23);7,9-11,13,18-19H,1,4-6,15H2,2-3H3,(H,16,20,21)/t11-,12-,13-,15-;10-,12-,13-,15-;11-,12-,13-,15-;10-,11-,12-,14-;9-,10-,11-,13-/m11111/s1. The van der Waals surface area contributed by atoms with E-state index < -0.39 is 202 Å². The number of H-pyrrole nitrogens is 5. The van der Waals surface area contributed by atoms with Gasteiger partial charge in [-0.1, -0.05) is 6.92 Å². The van der Waals surface area contributed by atoms with Crippen LogP contribution in [0, 0.1) is 4.77 Å². The second kappa shape index (κ2) is 44.3. The fraction of sp³-hybridized carbons (Fsp3) is 0.636. The molecule has 5 aromatic rings.